The van der Waals surface area contributed by atoms with Crippen molar-refractivity contribution in [2.45, 2.75) is 6.92 Å². The van der Waals surface area contributed by atoms with Gasteiger partial charge in [0.25, 0.3) is 0 Å². The van der Waals surface area contributed by atoms with Crippen molar-refractivity contribution in [1.29, 1.82) is 0 Å². The maximum atomic E-state index is 13.1. The Labute approximate surface area is 184 Å². The zero-order valence-corrected chi connectivity index (χ0v) is 18.1. The summed E-state index contributed by atoms with van der Waals surface area (Å²) in [6.07, 6.45) is 0. The van der Waals surface area contributed by atoms with Crippen molar-refractivity contribution in [3.63, 3.8) is 0 Å². The monoisotopic (exact) mass is 457 g/mol. The minimum Gasteiger partial charge on any atom is -0.462 e. The molecule has 0 spiro atoms. The van der Waals surface area contributed by atoms with E-state index in [2.05, 4.69) is 15.9 Å². The average molecular weight is 458 g/mol. The second kappa shape index (κ2) is 9.06. The molecule has 1 aromatic heterocycles. The molecule has 3 aromatic carbocycles. The number of hydrogen-bond acceptors (Lipinski definition) is 3. The fourth-order valence-electron chi connectivity index (χ4n) is 3.37. The maximum absolute atomic E-state index is 13.1. The number of esters is 1. The highest BCUT2D eigenvalue weighted by Gasteiger charge is 2.23. The van der Waals surface area contributed by atoms with Crippen molar-refractivity contribution in [2.24, 2.45) is 0 Å². The van der Waals surface area contributed by atoms with Gasteiger partial charge in [0, 0.05) is 21.2 Å². The fourth-order valence-corrected chi connectivity index (χ4v) is 3.64. The number of benzene rings is 3. The molecule has 0 fully saturated rings. The second-order valence-corrected chi connectivity index (χ2v) is 7.65. The Hall–Kier alpha value is -3.24. The first-order chi connectivity index (χ1) is 14.7. The Bertz CT molecular complexity index is 1160. The number of carbonyl (C=O) groups excluding carboxylic acids is 1. The lowest BCUT2D eigenvalue weighted by atomic mass is 9.93. The molecule has 0 saturated heterocycles. The lowest BCUT2D eigenvalue weighted by Crippen LogP contribution is -2.10. The van der Waals surface area contributed by atoms with Crippen LogP contribution in [0.3, 0.4) is 0 Å². The number of ether oxygens (including phenoxy) is 1. The Morgan fingerprint density at radius 2 is 1.43 bits per heavy atom. The summed E-state index contributed by atoms with van der Waals surface area (Å²) >= 11 is 3.48. The van der Waals surface area contributed by atoms with Gasteiger partial charge in [-0.25, -0.2) is 9.78 Å². The average Bonchev–Trinajstić information content (AvgIpc) is 2.80. The number of pyridine rings is 1. The summed E-state index contributed by atoms with van der Waals surface area (Å²) in [6.45, 7) is 2.11. The van der Waals surface area contributed by atoms with Gasteiger partial charge in [0.15, 0.2) is 0 Å². The van der Waals surface area contributed by atoms with E-state index in [9.17, 15) is 4.79 Å². The highest BCUT2D eigenvalue weighted by Crippen LogP contribution is 2.35. The predicted molar refractivity (Wildman–Crippen MR) is 124 cm³/mol. The van der Waals surface area contributed by atoms with Crippen molar-refractivity contribution in [3.8, 4) is 33.6 Å². The number of nitrogens with zero attached hydrogens (tertiary/aromatic N) is 1. The van der Waals surface area contributed by atoms with E-state index in [4.69, 9.17) is 9.72 Å². The summed E-state index contributed by atoms with van der Waals surface area (Å²) in [6, 6.07) is 29.7. The summed E-state index contributed by atoms with van der Waals surface area (Å²) in [5, 5.41) is 0. The van der Waals surface area contributed by atoms with Gasteiger partial charge in [0.2, 0.25) is 0 Å². The molecule has 0 bridgehead atoms. The van der Waals surface area contributed by atoms with Gasteiger partial charge in [-0.1, -0.05) is 88.7 Å². The van der Waals surface area contributed by atoms with Crippen LogP contribution in [0.15, 0.2) is 95.5 Å². The zero-order valence-electron chi connectivity index (χ0n) is 16.5. The van der Waals surface area contributed by atoms with Gasteiger partial charge in [-0.2, -0.15) is 0 Å². The molecule has 0 amide bonds. The lowest BCUT2D eigenvalue weighted by Gasteiger charge is -2.16. The molecule has 4 heteroatoms. The Morgan fingerprint density at radius 1 is 0.833 bits per heavy atom. The first-order valence-electron chi connectivity index (χ1n) is 9.76. The van der Waals surface area contributed by atoms with E-state index in [0.717, 1.165) is 32.4 Å². The number of hydrogen-bond donors (Lipinski definition) is 0. The third kappa shape index (κ3) is 4.19. The van der Waals surface area contributed by atoms with Crippen LogP contribution in [0.1, 0.15) is 17.3 Å². The van der Waals surface area contributed by atoms with Crippen molar-refractivity contribution in [2.75, 3.05) is 6.61 Å². The van der Waals surface area contributed by atoms with Crippen molar-refractivity contribution in [1.82, 2.24) is 4.98 Å². The van der Waals surface area contributed by atoms with E-state index in [1.54, 1.807) is 0 Å². The quantitative estimate of drug-likeness (QED) is 0.302. The van der Waals surface area contributed by atoms with E-state index >= 15 is 0 Å². The highest BCUT2D eigenvalue weighted by atomic mass is 79.9. The van der Waals surface area contributed by atoms with Gasteiger partial charge < -0.3 is 4.74 Å². The van der Waals surface area contributed by atoms with Crippen LogP contribution >= 0.6 is 15.9 Å². The molecule has 0 atom stereocenters. The van der Waals surface area contributed by atoms with Crippen LogP contribution < -0.4 is 0 Å². The van der Waals surface area contributed by atoms with Crippen LogP contribution in [-0.4, -0.2) is 17.6 Å². The molecule has 0 aliphatic carbocycles. The van der Waals surface area contributed by atoms with Crippen LogP contribution in [0.25, 0.3) is 33.6 Å². The molecule has 0 N–H and O–H groups in total. The van der Waals surface area contributed by atoms with E-state index in [-0.39, 0.29) is 5.97 Å². The van der Waals surface area contributed by atoms with Gasteiger partial charge in [-0.05, 0) is 30.7 Å². The lowest BCUT2D eigenvalue weighted by molar-refractivity contribution is 0.0528. The van der Waals surface area contributed by atoms with Gasteiger partial charge in [-0.15, -0.1) is 0 Å². The number of aromatic nitrogens is 1. The number of carbonyl (C=O) groups is 1. The van der Waals surface area contributed by atoms with Crippen LogP contribution in [0, 0.1) is 0 Å². The first-order valence-corrected chi connectivity index (χ1v) is 10.6. The van der Waals surface area contributed by atoms with Gasteiger partial charge in [-0.3, -0.25) is 0 Å². The molecular weight excluding hydrogens is 438 g/mol. The molecule has 1 heterocycles. The molecule has 0 saturated carbocycles. The van der Waals surface area contributed by atoms with Crippen molar-refractivity contribution < 1.29 is 9.53 Å². The fraction of sp³-hybridized carbons (Fsp3) is 0.0769. The molecule has 4 aromatic rings. The van der Waals surface area contributed by atoms with E-state index in [1.165, 1.54) is 0 Å². The third-order valence-electron chi connectivity index (χ3n) is 4.77. The molecular formula is C26H20BrNO2. The topological polar surface area (TPSA) is 39.2 Å². The van der Waals surface area contributed by atoms with Crippen LogP contribution in [0.5, 0.6) is 0 Å². The Balaban J connectivity index is 2.04. The van der Waals surface area contributed by atoms with Crippen molar-refractivity contribution in [3.05, 3.63) is 101 Å². The normalized spacial score (nSPS) is 10.6. The first kappa shape index (κ1) is 20.0. The second-order valence-electron chi connectivity index (χ2n) is 6.74. The van der Waals surface area contributed by atoms with Crippen molar-refractivity contribution >= 4 is 21.9 Å². The molecule has 3 nitrogen and oxygen atoms in total. The van der Waals surface area contributed by atoms with E-state index < -0.39 is 0 Å². The zero-order chi connectivity index (χ0) is 20.9. The molecule has 0 radical (unpaired) electrons. The van der Waals surface area contributed by atoms with Gasteiger partial charge in [0.1, 0.15) is 0 Å². The van der Waals surface area contributed by atoms with Gasteiger partial charge in [0.05, 0.1) is 23.6 Å². The van der Waals surface area contributed by atoms with Gasteiger partial charge >= 0.3 is 5.97 Å². The molecule has 4 rings (SSSR count). The molecule has 30 heavy (non-hydrogen) atoms. The molecule has 0 aliphatic heterocycles. The van der Waals surface area contributed by atoms with Crippen LogP contribution in [0.4, 0.5) is 0 Å². The summed E-state index contributed by atoms with van der Waals surface area (Å²) in [4.78, 5) is 18.0. The molecule has 0 aliphatic rings. The summed E-state index contributed by atoms with van der Waals surface area (Å²) in [7, 11) is 0. The number of halogens is 1. The number of rotatable bonds is 5. The summed E-state index contributed by atoms with van der Waals surface area (Å²) in [5.74, 6) is -0.374. The minimum atomic E-state index is -0.374. The molecule has 148 valence electrons. The SMILES string of the molecule is CCOC(=O)c1c(-c2ccccc2)cc(-c2ccccc2)nc1-c1ccc(Br)cc1. The minimum absolute atomic E-state index is 0.299. The standard InChI is InChI=1S/C26H20BrNO2/c1-2-30-26(29)24-22(18-9-5-3-6-10-18)17-23(19-11-7-4-8-12-19)28-25(24)20-13-15-21(27)16-14-20/h3-17H,2H2,1H3. The smallest absolute Gasteiger partial charge is 0.340 e. The molecule has 0 unspecified atom stereocenters. The highest BCUT2D eigenvalue weighted by molar-refractivity contribution is 9.10. The van der Waals surface area contributed by atoms with Crippen LogP contribution in [-0.2, 0) is 4.74 Å². The summed E-state index contributed by atoms with van der Waals surface area (Å²) in [5.41, 5.74) is 5.49. The Morgan fingerprint density at radius 3 is 2.03 bits per heavy atom. The third-order valence-corrected chi connectivity index (χ3v) is 5.30. The Kier molecular flexibility index (Phi) is 6.05. The predicted octanol–water partition coefficient (Wildman–Crippen LogP) is 7.02. The van der Waals surface area contributed by atoms with Crippen LogP contribution in [0.2, 0.25) is 0 Å². The maximum Gasteiger partial charge on any atom is 0.340 e. The summed E-state index contributed by atoms with van der Waals surface area (Å²) < 4.78 is 6.40. The van der Waals surface area contributed by atoms with E-state index in [1.807, 2.05) is 97.9 Å². The largest absolute Gasteiger partial charge is 0.462 e. The van der Waals surface area contributed by atoms with E-state index in [0.29, 0.717) is 17.9 Å².